The summed E-state index contributed by atoms with van der Waals surface area (Å²) in [6.07, 6.45) is 6.27. The fourth-order valence-corrected chi connectivity index (χ4v) is 3.41. The molecule has 0 saturated carbocycles. The van der Waals surface area contributed by atoms with Gasteiger partial charge in [-0.25, -0.2) is 0 Å². The van der Waals surface area contributed by atoms with E-state index in [1.165, 1.54) is 0 Å². The van der Waals surface area contributed by atoms with E-state index in [0.717, 1.165) is 37.9 Å². The van der Waals surface area contributed by atoms with Gasteiger partial charge in [0, 0.05) is 30.5 Å². The number of nitrogens with zero attached hydrogens (tertiary/aromatic N) is 3. The molecule has 3 rings (SSSR count). The Morgan fingerprint density at radius 2 is 2.50 bits per heavy atom. The first-order valence-corrected chi connectivity index (χ1v) is 8.47. The van der Waals surface area contributed by atoms with Crippen molar-refractivity contribution in [2.75, 3.05) is 13.1 Å². The first kappa shape index (κ1) is 15.0. The van der Waals surface area contributed by atoms with E-state index in [1.54, 1.807) is 23.5 Å². The highest BCUT2D eigenvalue weighted by molar-refractivity contribution is 7.08. The van der Waals surface area contributed by atoms with Crippen LogP contribution in [0, 0.1) is 5.92 Å². The van der Waals surface area contributed by atoms with Gasteiger partial charge in [0.1, 0.15) is 0 Å². The fraction of sp³-hybridized carbons (Fsp3) is 0.438. The maximum absolute atomic E-state index is 11.9. The summed E-state index contributed by atoms with van der Waals surface area (Å²) in [5.74, 6) is 1.79. The molecule has 1 saturated heterocycles. The van der Waals surface area contributed by atoms with Crippen molar-refractivity contribution in [1.29, 1.82) is 0 Å². The molecule has 1 aliphatic rings. The third-order valence-corrected chi connectivity index (χ3v) is 4.53. The number of carbonyl (C=O) groups excluding carboxylic acids is 1. The molecule has 3 heterocycles. The van der Waals surface area contributed by atoms with Crippen molar-refractivity contribution in [1.82, 2.24) is 15.0 Å². The summed E-state index contributed by atoms with van der Waals surface area (Å²) in [5, 5.41) is 8.04. The van der Waals surface area contributed by atoms with E-state index in [9.17, 15) is 4.79 Å². The molecule has 22 heavy (non-hydrogen) atoms. The van der Waals surface area contributed by atoms with Crippen molar-refractivity contribution < 1.29 is 9.32 Å². The van der Waals surface area contributed by atoms with Crippen LogP contribution in [0.4, 0.5) is 0 Å². The summed E-state index contributed by atoms with van der Waals surface area (Å²) < 4.78 is 5.36. The van der Waals surface area contributed by atoms with Crippen LogP contribution in [0.15, 0.2) is 33.5 Å². The zero-order chi connectivity index (χ0) is 15.4. The van der Waals surface area contributed by atoms with Gasteiger partial charge in [-0.2, -0.15) is 16.3 Å². The molecule has 116 valence electrons. The largest absolute Gasteiger partial charge is 0.339 e. The van der Waals surface area contributed by atoms with E-state index < -0.39 is 0 Å². The highest BCUT2D eigenvalue weighted by Gasteiger charge is 2.24. The van der Waals surface area contributed by atoms with Crippen LogP contribution < -0.4 is 0 Å². The Hall–Kier alpha value is -1.95. The number of hydrogen-bond acceptors (Lipinski definition) is 5. The highest BCUT2D eigenvalue weighted by atomic mass is 32.1. The van der Waals surface area contributed by atoms with Crippen LogP contribution in [-0.4, -0.2) is 34.0 Å². The molecule has 0 aromatic carbocycles. The lowest BCUT2D eigenvalue weighted by Gasteiger charge is -2.31. The van der Waals surface area contributed by atoms with Gasteiger partial charge in [-0.1, -0.05) is 11.2 Å². The van der Waals surface area contributed by atoms with Crippen LogP contribution in [0.5, 0.6) is 0 Å². The van der Waals surface area contributed by atoms with Crippen molar-refractivity contribution in [3.05, 3.63) is 34.9 Å². The Labute approximate surface area is 133 Å². The normalized spacial score (nSPS) is 19.0. The second-order valence-electron chi connectivity index (χ2n) is 5.52. The van der Waals surface area contributed by atoms with Gasteiger partial charge in [-0.05, 0) is 43.2 Å². The number of carbonyl (C=O) groups is 1. The van der Waals surface area contributed by atoms with Crippen molar-refractivity contribution in [2.45, 2.75) is 26.2 Å². The molecular formula is C16H19N3O2S. The number of hydrogen-bond donors (Lipinski definition) is 0. The van der Waals surface area contributed by atoms with Gasteiger partial charge < -0.3 is 9.42 Å². The average Bonchev–Trinajstić information content (AvgIpc) is 3.18. The van der Waals surface area contributed by atoms with Crippen LogP contribution in [0.1, 0.15) is 25.7 Å². The van der Waals surface area contributed by atoms with Crippen LogP contribution >= 0.6 is 11.3 Å². The molecule has 5 nitrogen and oxygen atoms in total. The SMILES string of the molecule is CC=CC(=O)N1CCCC(Cc2nc(-c3ccsc3)no2)C1. The van der Waals surface area contributed by atoms with Crippen LogP contribution in [0.3, 0.4) is 0 Å². The number of amides is 1. The maximum Gasteiger partial charge on any atom is 0.246 e. The average molecular weight is 317 g/mol. The lowest BCUT2D eigenvalue weighted by atomic mass is 9.94. The van der Waals surface area contributed by atoms with Crippen molar-refractivity contribution in [3.63, 3.8) is 0 Å². The van der Waals surface area contributed by atoms with E-state index in [-0.39, 0.29) is 5.91 Å². The Morgan fingerprint density at radius 3 is 3.27 bits per heavy atom. The minimum atomic E-state index is 0.0942. The quantitative estimate of drug-likeness (QED) is 0.813. The highest BCUT2D eigenvalue weighted by Crippen LogP contribution is 2.23. The van der Waals surface area contributed by atoms with Gasteiger partial charge in [0.05, 0.1) is 0 Å². The van der Waals surface area contributed by atoms with Gasteiger partial charge in [0.2, 0.25) is 17.6 Å². The third kappa shape index (κ3) is 3.44. The zero-order valence-corrected chi connectivity index (χ0v) is 13.4. The molecule has 0 radical (unpaired) electrons. The number of piperidine rings is 1. The number of thiophene rings is 1. The molecule has 1 amide bonds. The predicted octanol–water partition coefficient (Wildman–Crippen LogP) is 3.16. The molecule has 0 N–H and O–H groups in total. The standard InChI is InChI=1S/C16H19N3O2S/c1-2-4-15(20)19-7-3-5-12(10-19)9-14-17-16(18-21-14)13-6-8-22-11-13/h2,4,6,8,11-12H,3,5,7,9-10H2,1H3. The number of rotatable bonds is 4. The zero-order valence-electron chi connectivity index (χ0n) is 12.6. The monoisotopic (exact) mass is 317 g/mol. The molecule has 2 aromatic heterocycles. The van der Waals surface area contributed by atoms with E-state index in [4.69, 9.17) is 4.52 Å². The van der Waals surface area contributed by atoms with E-state index in [1.807, 2.05) is 28.7 Å². The molecule has 1 atom stereocenters. The first-order chi connectivity index (χ1) is 10.8. The van der Waals surface area contributed by atoms with E-state index >= 15 is 0 Å². The Kier molecular flexibility index (Phi) is 4.68. The molecule has 0 spiro atoms. The number of allylic oxidation sites excluding steroid dienone is 1. The van der Waals surface area contributed by atoms with Crippen molar-refractivity contribution >= 4 is 17.2 Å². The second kappa shape index (κ2) is 6.87. The summed E-state index contributed by atoms with van der Waals surface area (Å²) >= 11 is 1.62. The Morgan fingerprint density at radius 1 is 1.59 bits per heavy atom. The predicted molar refractivity (Wildman–Crippen MR) is 85.4 cm³/mol. The summed E-state index contributed by atoms with van der Waals surface area (Å²) in [4.78, 5) is 18.3. The van der Waals surface area contributed by atoms with Gasteiger partial charge in [0.25, 0.3) is 0 Å². The molecular weight excluding hydrogens is 298 g/mol. The molecule has 0 bridgehead atoms. The summed E-state index contributed by atoms with van der Waals surface area (Å²) in [6, 6.07) is 1.98. The van der Waals surface area contributed by atoms with Crippen molar-refractivity contribution in [3.8, 4) is 11.4 Å². The molecule has 1 unspecified atom stereocenters. The lowest BCUT2D eigenvalue weighted by Crippen LogP contribution is -2.39. The number of likely N-dealkylation sites (tertiary alicyclic amines) is 1. The maximum atomic E-state index is 11.9. The number of aromatic nitrogens is 2. The minimum absolute atomic E-state index is 0.0942. The molecule has 1 fully saturated rings. The first-order valence-electron chi connectivity index (χ1n) is 7.53. The van der Waals surface area contributed by atoms with Crippen LogP contribution in [0.2, 0.25) is 0 Å². The van der Waals surface area contributed by atoms with Crippen LogP contribution in [0.25, 0.3) is 11.4 Å². The Balaban J connectivity index is 1.62. The molecule has 2 aromatic rings. The van der Waals surface area contributed by atoms with Crippen LogP contribution in [-0.2, 0) is 11.2 Å². The summed E-state index contributed by atoms with van der Waals surface area (Å²) in [6.45, 7) is 3.47. The van der Waals surface area contributed by atoms with E-state index in [0.29, 0.717) is 17.6 Å². The molecule has 1 aliphatic heterocycles. The summed E-state index contributed by atoms with van der Waals surface area (Å²) in [5.41, 5.74) is 0.994. The topological polar surface area (TPSA) is 59.2 Å². The van der Waals surface area contributed by atoms with Gasteiger partial charge >= 0.3 is 0 Å². The van der Waals surface area contributed by atoms with Gasteiger partial charge in [0.15, 0.2) is 0 Å². The fourth-order valence-electron chi connectivity index (χ4n) is 2.77. The minimum Gasteiger partial charge on any atom is -0.339 e. The third-order valence-electron chi connectivity index (χ3n) is 3.85. The van der Waals surface area contributed by atoms with E-state index in [2.05, 4.69) is 10.1 Å². The molecule has 0 aliphatic carbocycles. The van der Waals surface area contributed by atoms with Crippen molar-refractivity contribution in [2.24, 2.45) is 5.92 Å². The van der Waals surface area contributed by atoms with Gasteiger partial charge in [-0.15, -0.1) is 0 Å². The smallest absolute Gasteiger partial charge is 0.246 e. The lowest BCUT2D eigenvalue weighted by molar-refractivity contribution is -0.127. The second-order valence-corrected chi connectivity index (χ2v) is 6.30. The summed E-state index contributed by atoms with van der Waals surface area (Å²) in [7, 11) is 0. The van der Waals surface area contributed by atoms with Gasteiger partial charge in [-0.3, -0.25) is 4.79 Å². The Bertz CT molecular complexity index is 648. The molecule has 6 heteroatoms.